The number of carbonyl (C=O) groups is 1. The molecule has 0 spiro atoms. The van der Waals surface area contributed by atoms with Crippen molar-refractivity contribution in [1.29, 1.82) is 0 Å². The van der Waals surface area contributed by atoms with Crippen LogP contribution in [0.5, 0.6) is 0 Å². The van der Waals surface area contributed by atoms with Crippen LogP contribution >= 0.6 is 11.6 Å². The van der Waals surface area contributed by atoms with Gasteiger partial charge in [0.05, 0.1) is 0 Å². The number of benzene rings is 2. The lowest BCUT2D eigenvalue weighted by atomic mass is 10.2. The van der Waals surface area contributed by atoms with Gasteiger partial charge in [0.15, 0.2) is 0 Å². The number of hydrogen-bond acceptors (Lipinski definition) is 2. The van der Waals surface area contributed by atoms with Gasteiger partial charge in [-0.1, -0.05) is 41.9 Å². The van der Waals surface area contributed by atoms with E-state index in [1.807, 2.05) is 42.5 Å². The second kappa shape index (κ2) is 6.99. The highest BCUT2D eigenvalue weighted by Gasteiger charge is 2.03. The number of hydrogen-bond donors (Lipinski definition) is 1. The van der Waals surface area contributed by atoms with Crippen molar-refractivity contribution in [1.82, 2.24) is 0 Å². The lowest BCUT2D eigenvalue weighted by molar-refractivity contribution is -0.111. The van der Waals surface area contributed by atoms with Gasteiger partial charge in [0.1, 0.15) is 11.5 Å². The Morgan fingerprint density at radius 1 is 0.957 bits per heavy atom. The van der Waals surface area contributed by atoms with Crippen LogP contribution in [0.1, 0.15) is 5.76 Å². The number of halogens is 1. The number of carbonyl (C=O) groups excluding carboxylic acids is 1. The van der Waals surface area contributed by atoms with Crippen molar-refractivity contribution in [3.63, 3.8) is 0 Å². The Bertz CT molecular complexity index is 820. The zero-order chi connectivity index (χ0) is 16.1. The monoisotopic (exact) mass is 323 g/mol. The second-order valence-corrected chi connectivity index (χ2v) is 5.33. The molecule has 2 aromatic carbocycles. The van der Waals surface area contributed by atoms with Crippen LogP contribution in [0.4, 0.5) is 5.69 Å². The third-order valence-corrected chi connectivity index (χ3v) is 3.45. The molecule has 0 atom stereocenters. The van der Waals surface area contributed by atoms with Crippen molar-refractivity contribution in [2.24, 2.45) is 0 Å². The van der Waals surface area contributed by atoms with Gasteiger partial charge in [-0.25, -0.2) is 0 Å². The number of nitrogens with one attached hydrogen (secondary N) is 1. The van der Waals surface area contributed by atoms with E-state index in [0.29, 0.717) is 16.5 Å². The van der Waals surface area contributed by atoms with Gasteiger partial charge in [0, 0.05) is 22.3 Å². The molecule has 1 N–H and O–H groups in total. The molecule has 23 heavy (non-hydrogen) atoms. The molecule has 0 saturated heterocycles. The van der Waals surface area contributed by atoms with Crippen molar-refractivity contribution in [3.8, 4) is 11.3 Å². The van der Waals surface area contributed by atoms with E-state index in [9.17, 15) is 4.79 Å². The van der Waals surface area contributed by atoms with E-state index >= 15 is 0 Å². The van der Waals surface area contributed by atoms with Crippen LogP contribution in [-0.2, 0) is 4.79 Å². The van der Waals surface area contributed by atoms with Crippen LogP contribution in [0.3, 0.4) is 0 Å². The van der Waals surface area contributed by atoms with Crippen LogP contribution in [0, 0.1) is 0 Å². The lowest BCUT2D eigenvalue weighted by Crippen LogP contribution is -2.07. The summed E-state index contributed by atoms with van der Waals surface area (Å²) in [6.45, 7) is 0. The molecule has 0 aliphatic carbocycles. The topological polar surface area (TPSA) is 42.2 Å². The van der Waals surface area contributed by atoms with Crippen LogP contribution in [0.25, 0.3) is 17.4 Å². The summed E-state index contributed by atoms with van der Waals surface area (Å²) in [7, 11) is 0. The van der Waals surface area contributed by atoms with Gasteiger partial charge in [0.2, 0.25) is 5.91 Å². The molecule has 0 aliphatic heterocycles. The summed E-state index contributed by atoms with van der Waals surface area (Å²) >= 11 is 5.80. The maximum Gasteiger partial charge on any atom is 0.248 e. The molecular formula is C19H14ClNO2. The highest BCUT2D eigenvalue weighted by molar-refractivity contribution is 6.30. The number of rotatable bonds is 4. The standard InChI is InChI=1S/C19H14ClNO2/c20-15-6-8-16(9-7-15)21-19(22)13-11-17-10-12-18(23-17)14-4-2-1-3-5-14/h1-13H,(H,21,22). The smallest absolute Gasteiger partial charge is 0.248 e. The Balaban J connectivity index is 1.65. The van der Waals surface area contributed by atoms with Crippen molar-refractivity contribution in [2.45, 2.75) is 0 Å². The summed E-state index contributed by atoms with van der Waals surface area (Å²) in [4.78, 5) is 11.9. The lowest BCUT2D eigenvalue weighted by Gasteiger charge is -2.01. The fraction of sp³-hybridized carbons (Fsp3) is 0. The average Bonchev–Trinajstić information content (AvgIpc) is 3.05. The largest absolute Gasteiger partial charge is 0.457 e. The summed E-state index contributed by atoms with van der Waals surface area (Å²) in [5.41, 5.74) is 1.69. The number of amides is 1. The first kappa shape index (κ1) is 15.1. The molecule has 1 amide bonds. The summed E-state index contributed by atoms with van der Waals surface area (Å²) in [6.07, 6.45) is 3.07. The van der Waals surface area contributed by atoms with Crippen LogP contribution in [0.15, 0.2) is 77.2 Å². The average molecular weight is 324 g/mol. The van der Waals surface area contributed by atoms with E-state index in [2.05, 4.69) is 5.32 Å². The van der Waals surface area contributed by atoms with Crippen LogP contribution in [0.2, 0.25) is 5.02 Å². The molecule has 3 aromatic rings. The molecule has 3 nitrogen and oxygen atoms in total. The minimum atomic E-state index is -0.231. The van der Waals surface area contributed by atoms with Crippen molar-refractivity contribution in [3.05, 3.63) is 83.6 Å². The Hall–Kier alpha value is -2.78. The van der Waals surface area contributed by atoms with E-state index in [1.165, 1.54) is 6.08 Å². The van der Waals surface area contributed by atoms with Gasteiger partial charge in [0.25, 0.3) is 0 Å². The maximum atomic E-state index is 11.9. The minimum Gasteiger partial charge on any atom is -0.457 e. The van der Waals surface area contributed by atoms with Crippen LogP contribution < -0.4 is 5.32 Å². The van der Waals surface area contributed by atoms with E-state index in [4.69, 9.17) is 16.0 Å². The Kier molecular flexibility index (Phi) is 4.60. The molecule has 0 bridgehead atoms. The molecule has 114 valence electrons. The zero-order valence-corrected chi connectivity index (χ0v) is 13.0. The molecule has 1 aromatic heterocycles. The molecule has 0 fully saturated rings. The molecule has 3 rings (SSSR count). The summed E-state index contributed by atoms with van der Waals surface area (Å²) in [5.74, 6) is 1.16. The zero-order valence-electron chi connectivity index (χ0n) is 12.2. The minimum absolute atomic E-state index is 0.231. The Morgan fingerprint density at radius 3 is 2.43 bits per heavy atom. The van der Waals surface area contributed by atoms with Gasteiger partial charge >= 0.3 is 0 Å². The molecule has 0 aliphatic rings. The second-order valence-electron chi connectivity index (χ2n) is 4.90. The highest BCUT2D eigenvalue weighted by Crippen LogP contribution is 2.22. The SMILES string of the molecule is O=C(C=Cc1ccc(-c2ccccc2)o1)Nc1ccc(Cl)cc1. The van der Waals surface area contributed by atoms with E-state index in [0.717, 1.165) is 11.3 Å². The Labute approximate surface area is 139 Å². The predicted octanol–water partition coefficient (Wildman–Crippen LogP) is 5.25. The van der Waals surface area contributed by atoms with Gasteiger partial charge < -0.3 is 9.73 Å². The summed E-state index contributed by atoms with van der Waals surface area (Å²) < 4.78 is 5.70. The fourth-order valence-corrected chi connectivity index (χ4v) is 2.20. The quantitative estimate of drug-likeness (QED) is 0.666. The van der Waals surface area contributed by atoms with Gasteiger partial charge in [-0.3, -0.25) is 4.79 Å². The molecule has 4 heteroatoms. The van der Waals surface area contributed by atoms with Gasteiger partial charge in [-0.05, 0) is 42.5 Å². The van der Waals surface area contributed by atoms with Crippen molar-refractivity contribution in [2.75, 3.05) is 5.32 Å². The summed E-state index contributed by atoms with van der Waals surface area (Å²) in [6, 6.07) is 20.4. The third-order valence-electron chi connectivity index (χ3n) is 3.20. The molecule has 0 unspecified atom stereocenters. The first-order chi connectivity index (χ1) is 11.2. The first-order valence-corrected chi connectivity index (χ1v) is 7.48. The fourth-order valence-electron chi connectivity index (χ4n) is 2.07. The van der Waals surface area contributed by atoms with Gasteiger partial charge in [-0.15, -0.1) is 0 Å². The molecule has 1 heterocycles. The predicted molar refractivity (Wildman–Crippen MR) is 93.3 cm³/mol. The molecule has 0 radical (unpaired) electrons. The first-order valence-electron chi connectivity index (χ1n) is 7.10. The number of anilines is 1. The Morgan fingerprint density at radius 2 is 1.70 bits per heavy atom. The molecule has 0 saturated carbocycles. The number of furan rings is 1. The van der Waals surface area contributed by atoms with Gasteiger partial charge in [-0.2, -0.15) is 0 Å². The highest BCUT2D eigenvalue weighted by atomic mass is 35.5. The van der Waals surface area contributed by atoms with Crippen molar-refractivity contribution < 1.29 is 9.21 Å². The maximum absolute atomic E-state index is 11.9. The normalized spacial score (nSPS) is 10.8. The third kappa shape index (κ3) is 4.11. The van der Waals surface area contributed by atoms with E-state index < -0.39 is 0 Å². The van der Waals surface area contributed by atoms with E-state index in [-0.39, 0.29) is 5.91 Å². The van der Waals surface area contributed by atoms with E-state index in [1.54, 1.807) is 30.3 Å². The van der Waals surface area contributed by atoms with Crippen LogP contribution in [-0.4, -0.2) is 5.91 Å². The summed E-state index contributed by atoms with van der Waals surface area (Å²) in [5, 5.41) is 3.38. The van der Waals surface area contributed by atoms with Crippen molar-refractivity contribution >= 4 is 29.3 Å². The molecular weight excluding hydrogens is 310 g/mol.